The van der Waals surface area contributed by atoms with Gasteiger partial charge in [0.2, 0.25) is 10.0 Å². The van der Waals surface area contributed by atoms with Crippen LogP contribution in [0.4, 0.5) is 8.78 Å². The van der Waals surface area contributed by atoms with E-state index in [1.54, 1.807) is 6.92 Å². The summed E-state index contributed by atoms with van der Waals surface area (Å²) >= 11 is 0. The SMILES string of the molecule is CCC[C@H](NS(=O)(=O)c1cc(F)cc(F)c1)C(=O)O. The van der Waals surface area contributed by atoms with E-state index in [0.717, 1.165) is 0 Å². The fourth-order valence-electron chi connectivity index (χ4n) is 1.46. The van der Waals surface area contributed by atoms with E-state index in [1.807, 2.05) is 4.72 Å². The van der Waals surface area contributed by atoms with Gasteiger partial charge in [-0.1, -0.05) is 13.3 Å². The van der Waals surface area contributed by atoms with Gasteiger partial charge in [0.25, 0.3) is 0 Å². The molecule has 0 fully saturated rings. The van der Waals surface area contributed by atoms with Gasteiger partial charge in [-0.15, -0.1) is 0 Å². The lowest BCUT2D eigenvalue weighted by Crippen LogP contribution is -2.40. The molecule has 0 radical (unpaired) electrons. The molecular formula is C11H13F2NO4S. The molecule has 1 aromatic carbocycles. The van der Waals surface area contributed by atoms with Gasteiger partial charge >= 0.3 is 5.97 Å². The summed E-state index contributed by atoms with van der Waals surface area (Å²) in [6.07, 6.45) is 0.517. The van der Waals surface area contributed by atoms with Crippen LogP contribution in [-0.4, -0.2) is 25.5 Å². The number of nitrogens with one attached hydrogen (secondary N) is 1. The Balaban J connectivity index is 3.06. The van der Waals surface area contributed by atoms with E-state index in [0.29, 0.717) is 24.6 Å². The number of carbonyl (C=O) groups is 1. The van der Waals surface area contributed by atoms with Crippen LogP contribution in [0.3, 0.4) is 0 Å². The molecule has 2 N–H and O–H groups in total. The van der Waals surface area contributed by atoms with Gasteiger partial charge in [-0.3, -0.25) is 4.79 Å². The van der Waals surface area contributed by atoms with Crippen molar-refractivity contribution in [3.8, 4) is 0 Å². The van der Waals surface area contributed by atoms with Gasteiger partial charge < -0.3 is 5.11 Å². The second kappa shape index (κ2) is 6.07. The van der Waals surface area contributed by atoms with Crippen molar-refractivity contribution >= 4 is 16.0 Å². The van der Waals surface area contributed by atoms with Gasteiger partial charge in [-0.05, 0) is 18.6 Å². The largest absolute Gasteiger partial charge is 0.480 e. The maximum absolute atomic E-state index is 13.0. The lowest BCUT2D eigenvalue weighted by Gasteiger charge is -2.14. The first-order chi connectivity index (χ1) is 8.76. The number of carboxylic acid groups (broad SMARTS) is 1. The minimum atomic E-state index is -4.28. The molecule has 0 spiro atoms. The molecule has 0 saturated heterocycles. The summed E-state index contributed by atoms with van der Waals surface area (Å²) in [7, 11) is -4.28. The molecule has 0 bridgehead atoms. The van der Waals surface area contributed by atoms with Gasteiger partial charge in [0.05, 0.1) is 4.90 Å². The van der Waals surface area contributed by atoms with Gasteiger partial charge in [-0.25, -0.2) is 17.2 Å². The van der Waals surface area contributed by atoms with Crippen molar-refractivity contribution in [1.29, 1.82) is 0 Å². The van der Waals surface area contributed by atoms with E-state index in [-0.39, 0.29) is 6.42 Å². The molecule has 106 valence electrons. The molecule has 8 heteroatoms. The Labute approximate surface area is 109 Å². The average molecular weight is 293 g/mol. The Morgan fingerprint density at radius 3 is 2.26 bits per heavy atom. The van der Waals surface area contributed by atoms with Gasteiger partial charge in [0, 0.05) is 6.07 Å². The standard InChI is InChI=1S/C11H13F2NO4S/c1-2-3-10(11(15)16)14-19(17,18)9-5-7(12)4-8(13)6-9/h4-6,10,14H,2-3H2,1H3,(H,15,16)/t10-/m0/s1. The third-order valence-electron chi connectivity index (χ3n) is 2.32. The highest BCUT2D eigenvalue weighted by molar-refractivity contribution is 7.89. The summed E-state index contributed by atoms with van der Waals surface area (Å²) in [5.74, 6) is -3.45. The van der Waals surface area contributed by atoms with E-state index in [2.05, 4.69) is 0 Å². The van der Waals surface area contributed by atoms with Crippen molar-refractivity contribution in [2.24, 2.45) is 0 Å². The molecule has 1 aromatic rings. The van der Waals surface area contributed by atoms with Crippen LogP contribution in [0.25, 0.3) is 0 Å². The highest BCUT2D eigenvalue weighted by atomic mass is 32.2. The number of benzene rings is 1. The van der Waals surface area contributed by atoms with Gasteiger partial charge in [0.1, 0.15) is 17.7 Å². The summed E-state index contributed by atoms with van der Waals surface area (Å²) in [6.45, 7) is 1.69. The monoisotopic (exact) mass is 293 g/mol. The summed E-state index contributed by atoms with van der Waals surface area (Å²) in [5.41, 5.74) is 0. The van der Waals surface area contributed by atoms with Crippen LogP contribution < -0.4 is 4.72 Å². The molecule has 0 aliphatic carbocycles. The van der Waals surface area contributed by atoms with Crippen LogP contribution >= 0.6 is 0 Å². The highest BCUT2D eigenvalue weighted by Crippen LogP contribution is 2.14. The number of sulfonamides is 1. The molecule has 0 amide bonds. The Morgan fingerprint density at radius 1 is 1.32 bits per heavy atom. The number of hydrogen-bond acceptors (Lipinski definition) is 3. The fraction of sp³-hybridized carbons (Fsp3) is 0.364. The number of carboxylic acids is 1. The molecular weight excluding hydrogens is 280 g/mol. The molecule has 5 nitrogen and oxygen atoms in total. The quantitative estimate of drug-likeness (QED) is 0.832. The van der Waals surface area contributed by atoms with Crippen molar-refractivity contribution in [2.45, 2.75) is 30.7 Å². The summed E-state index contributed by atoms with van der Waals surface area (Å²) in [4.78, 5) is 10.2. The maximum atomic E-state index is 13.0. The molecule has 1 atom stereocenters. The Morgan fingerprint density at radius 2 is 1.84 bits per heavy atom. The Bertz CT molecular complexity index is 554. The first-order valence-corrected chi connectivity index (χ1v) is 6.96. The smallest absolute Gasteiger partial charge is 0.321 e. The van der Waals surface area contributed by atoms with Crippen LogP contribution in [0.1, 0.15) is 19.8 Å². The predicted molar refractivity (Wildman–Crippen MR) is 63.0 cm³/mol. The topological polar surface area (TPSA) is 83.5 Å². The normalized spacial score (nSPS) is 13.2. The molecule has 0 aromatic heterocycles. The highest BCUT2D eigenvalue weighted by Gasteiger charge is 2.25. The van der Waals surface area contributed by atoms with Crippen molar-refractivity contribution in [3.05, 3.63) is 29.8 Å². The second-order valence-electron chi connectivity index (χ2n) is 3.91. The lowest BCUT2D eigenvalue weighted by molar-refractivity contribution is -0.139. The summed E-state index contributed by atoms with van der Waals surface area (Å²) < 4.78 is 51.4. The first-order valence-electron chi connectivity index (χ1n) is 5.47. The third kappa shape index (κ3) is 4.25. The van der Waals surface area contributed by atoms with Crippen LogP contribution in [0.15, 0.2) is 23.1 Å². The molecule has 19 heavy (non-hydrogen) atoms. The van der Waals surface area contributed by atoms with Crippen LogP contribution in [-0.2, 0) is 14.8 Å². The minimum absolute atomic E-state index is 0.0758. The second-order valence-corrected chi connectivity index (χ2v) is 5.62. The van der Waals surface area contributed by atoms with Crippen LogP contribution in [0, 0.1) is 11.6 Å². The minimum Gasteiger partial charge on any atom is -0.480 e. The Kier molecular flexibility index (Phi) is 4.96. The van der Waals surface area contributed by atoms with Gasteiger partial charge in [-0.2, -0.15) is 4.72 Å². The molecule has 0 unspecified atom stereocenters. The lowest BCUT2D eigenvalue weighted by atomic mass is 10.2. The van der Waals surface area contributed by atoms with Gasteiger partial charge in [0.15, 0.2) is 0 Å². The zero-order valence-electron chi connectivity index (χ0n) is 10.1. The predicted octanol–water partition coefficient (Wildman–Crippen LogP) is 1.50. The summed E-state index contributed by atoms with van der Waals surface area (Å²) in [5, 5.41) is 8.85. The number of rotatable bonds is 6. The van der Waals surface area contributed by atoms with Crippen molar-refractivity contribution in [3.63, 3.8) is 0 Å². The van der Waals surface area contributed by atoms with E-state index < -0.39 is 38.6 Å². The average Bonchev–Trinajstić information content (AvgIpc) is 2.26. The Hall–Kier alpha value is -1.54. The van der Waals surface area contributed by atoms with Crippen molar-refractivity contribution < 1.29 is 27.1 Å². The number of hydrogen-bond donors (Lipinski definition) is 2. The molecule has 1 rings (SSSR count). The third-order valence-corrected chi connectivity index (χ3v) is 3.77. The zero-order chi connectivity index (χ0) is 14.6. The first kappa shape index (κ1) is 15.5. The number of halogens is 2. The van der Waals surface area contributed by atoms with E-state index in [4.69, 9.17) is 5.11 Å². The van der Waals surface area contributed by atoms with E-state index >= 15 is 0 Å². The van der Waals surface area contributed by atoms with Crippen molar-refractivity contribution in [2.75, 3.05) is 0 Å². The van der Waals surface area contributed by atoms with E-state index in [9.17, 15) is 22.0 Å². The molecule has 0 heterocycles. The maximum Gasteiger partial charge on any atom is 0.321 e. The molecule has 0 saturated carbocycles. The van der Waals surface area contributed by atoms with E-state index in [1.165, 1.54) is 0 Å². The molecule has 0 aliphatic heterocycles. The van der Waals surface area contributed by atoms with Crippen molar-refractivity contribution in [1.82, 2.24) is 4.72 Å². The summed E-state index contributed by atoms with van der Waals surface area (Å²) in [6, 6.07) is 0.438. The number of aliphatic carboxylic acids is 1. The van der Waals surface area contributed by atoms with Crippen LogP contribution in [0.2, 0.25) is 0 Å². The fourth-order valence-corrected chi connectivity index (χ4v) is 2.73. The van der Waals surface area contributed by atoms with Crippen LogP contribution in [0.5, 0.6) is 0 Å². The molecule has 0 aliphatic rings. The zero-order valence-corrected chi connectivity index (χ0v) is 10.9.